The van der Waals surface area contributed by atoms with Gasteiger partial charge in [0.1, 0.15) is 0 Å². The fourth-order valence-electron chi connectivity index (χ4n) is 0.495. The highest BCUT2D eigenvalue weighted by Crippen LogP contribution is 2.03. The number of nitrogens with one attached hydrogen (secondary N) is 2. The van der Waals surface area contributed by atoms with Crippen LogP contribution in [-0.4, -0.2) is 46.8 Å². The summed E-state index contributed by atoms with van der Waals surface area (Å²) < 4.78 is 1.26. The van der Waals surface area contributed by atoms with Gasteiger partial charge in [0.15, 0.2) is 8.64 Å². The molecule has 76 valence electrons. The fourth-order valence-corrected chi connectivity index (χ4v) is 2.14. The molecule has 0 spiro atoms. The first kappa shape index (κ1) is 13.1. The average Bonchev–Trinajstić information content (AvgIpc) is 1.80. The van der Waals surface area contributed by atoms with Gasteiger partial charge in [0, 0.05) is 28.2 Å². The van der Waals surface area contributed by atoms with Crippen LogP contribution in [0.2, 0.25) is 0 Å². The molecule has 0 amide bonds. The van der Waals surface area contributed by atoms with Gasteiger partial charge >= 0.3 is 0 Å². The number of thiocarbonyl (C=S) groups is 2. The zero-order valence-corrected chi connectivity index (χ0v) is 10.6. The first-order valence-corrected chi connectivity index (χ1v) is 5.19. The molecule has 4 nitrogen and oxygen atoms in total. The molecule has 0 bridgehead atoms. The monoisotopic (exact) mass is 238 g/mol. The number of thioether (sulfide) groups is 1. The summed E-state index contributed by atoms with van der Waals surface area (Å²) in [6.45, 7) is 0. The molecule has 0 rings (SSSR count). The van der Waals surface area contributed by atoms with E-state index in [1.165, 1.54) is 11.8 Å². The van der Waals surface area contributed by atoms with Crippen LogP contribution < -0.4 is 10.9 Å². The summed E-state index contributed by atoms with van der Waals surface area (Å²) in [6, 6.07) is 0. The smallest absolute Gasteiger partial charge is 0.155 e. The van der Waals surface area contributed by atoms with E-state index in [1.807, 2.05) is 28.2 Å². The predicted molar refractivity (Wildman–Crippen MR) is 66.4 cm³/mol. The van der Waals surface area contributed by atoms with E-state index in [2.05, 4.69) is 10.9 Å². The molecule has 7 heteroatoms. The fraction of sp³-hybridized carbons (Fsp3) is 0.667. The van der Waals surface area contributed by atoms with Crippen LogP contribution in [0.25, 0.3) is 0 Å². The topological polar surface area (TPSA) is 30.5 Å². The van der Waals surface area contributed by atoms with Gasteiger partial charge in [-0.2, -0.15) is 0 Å². The Morgan fingerprint density at radius 2 is 1.23 bits per heavy atom. The van der Waals surface area contributed by atoms with E-state index in [-0.39, 0.29) is 0 Å². The molecule has 0 aliphatic heterocycles. The Kier molecular flexibility index (Phi) is 6.52. The van der Waals surface area contributed by atoms with Crippen molar-refractivity contribution < 1.29 is 0 Å². The molecule has 13 heavy (non-hydrogen) atoms. The Morgan fingerprint density at radius 3 is 1.46 bits per heavy atom. The molecule has 0 aromatic heterocycles. The van der Waals surface area contributed by atoms with E-state index in [0.717, 1.165) is 0 Å². The van der Waals surface area contributed by atoms with Gasteiger partial charge in [-0.15, -0.1) is 0 Å². The summed E-state index contributed by atoms with van der Waals surface area (Å²) in [7, 11) is 7.48. The Hall–Kier alpha value is 0.0500. The molecule has 0 unspecified atom stereocenters. The van der Waals surface area contributed by atoms with Crippen LogP contribution in [0.4, 0.5) is 0 Å². The first-order chi connectivity index (χ1) is 5.91. The third-order valence-corrected chi connectivity index (χ3v) is 2.05. The van der Waals surface area contributed by atoms with Crippen LogP contribution in [0.5, 0.6) is 0 Å². The first-order valence-electron chi connectivity index (χ1n) is 3.55. The predicted octanol–water partition coefficient (Wildman–Crippen LogP) is 0.422. The minimum Gasteiger partial charge on any atom is -0.304 e. The molecule has 0 saturated heterocycles. The lowest BCUT2D eigenvalue weighted by molar-refractivity contribution is 0.367. The van der Waals surface area contributed by atoms with Gasteiger partial charge in [-0.3, -0.25) is 0 Å². The van der Waals surface area contributed by atoms with E-state index < -0.39 is 0 Å². The van der Waals surface area contributed by atoms with Crippen molar-refractivity contribution in [1.82, 2.24) is 20.9 Å². The van der Waals surface area contributed by atoms with E-state index in [9.17, 15) is 0 Å². The van der Waals surface area contributed by atoms with E-state index in [0.29, 0.717) is 8.64 Å². The average molecular weight is 238 g/mol. The number of rotatable bonds is 2. The zero-order valence-electron chi connectivity index (χ0n) is 8.12. The van der Waals surface area contributed by atoms with Crippen molar-refractivity contribution in [3.63, 3.8) is 0 Å². The highest BCUT2D eigenvalue weighted by molar-refractivity contribution is 8.37. The number of nitrogens with zero attached hydrogens (tertiary/aromatic N) is 2. The maximum atomic E-state index is 5.02. The lowest BCUT2D eigenvalue weighted by Gasteiger charge is -2.16. The van der Waals surface area contributed by atoms with Gasteiger partial charge in [-0.25, -0.2) is 10.0 Å². The van der Waals surface area contributed by atoms with Crippen molar-refractivity contribution in [3.8, 4) is 0 Å². The van der Waals surface area contributed by atoms with E-state index in [4.69, 9.17) is 24.4 Å². The molecule has 0 atom stereocenters. The Morgan fingerprint density at radius 1 is 0.923 bits per heavy atom. The maximum Gasteiger partial charge on any atom is 0.155 e. The highest BCUT2D eigenvalue weighted by atomic mass is 32.2. The normalized spacial score (nSPS) is 10.3. The number of hydrogen-bond donors (Lipinski definition) is 2. The molecular weight excluding hydrogens is 224 g/mol. The van der Waals surface area contributed by atoms with Crippen molar-refractivity contribution in [1.29, 1.82) is 0 Å². The van der Waals surface area contributed by atoms with Crippen molar-refractivity contribution >= 4 is 44.8 Å². The SMILES string of the molecule is CN(C)NC(=S)SC(=S)NN(C)C. The molecule has 0 aliphatic carbocycles. The highest BCUT2D eigenvalue weighted by Gasteiger charge is 2.03. The molecule has 0 fully saturated rings. The largest absolute Gasteiger partial charge is 0.304 e. The second-order valence-electron chi connectivity index (χ2n) is 2.69. The molecular formula is C6H14N4S3. The Bertz CT molecular complexity index is 172. The summed E-state index contributed by atoms with van der Waals surface area (Å²) >= 11 is 11.4. The van der Waals surface area contributed by atoms with Gasteiger partial charge in [0.2, 0.25) is 0 Å². The minimum absolute atomic E-state index is 0.629. The van der Waals surface area contributed by atoms with Crippen LogP contribution in [0.1, 0.15) is 0 Å². The summed E-state index contributed by atoms with van der Waals surface area (Å²) in [5.41, 5.74) is 5.86. The van der Waals surface area contributed by atoms with E-state index in [1.54, 1.807) is 10.0 Å². The summed E-state index contributed by atoms with van der Waals surface area (Å²) in [5.74, 6) is 0. The van der Waals surface area contributed by atoms with Crippen LogP contribution in [0.15, 0.2) is 0 Å². The third kappa shape index (κ3) is 8.38. The van der Waals surface area contributed by atoms with Crippen LogP contribution in [0, 0.1) is 0 Å². The molecule has 0 aromatic carbocycles. The number of hydrazine groups is 2. The van der Waals surface area contributed by atoms with Crippen LogP contribution in [0.3, 0.4) is 0 Å². The van der Waals surface area contributed by atoms with E-state index >= 15 is 0 Å². The van der Waals surface area contributed by atoms with Gasteiger partial charge in [0.25, 0.3) is 0 Å². The van der Waals surface area contributed by atoms with Crippen molar-refractivity contribution in [2.45, 2.75) is 0 Å². The molecule has 0 radical (unpaired) electrons. The second kappa shape index (κ2) is 6.50. The zero-order chi connectivity index (χ0) is 10.4. The van der Waals surface area contributed by atoms with Crippen molar-refractivity contribution in [2.24, 2.45) is 0 Å². The summed E-state index contributed by atoms with van der Waals surface area (Å²) in [4.78, 5) is 0. The number of hydrogen-bond acceptors (Lipinski definition) is 5. The van der Waals surface area contributed by atoms with Crippen molar-refractivity contribution in [2.75, 3.05) is 28.2 Å². The maximum absolute atomic E-state index is 5.02. The molecule has 0 aromatic rings. The summed E-state index contributed by atoms with van der Waals surface area (Å²) in [5, 5.41) is 3.54. The van der Waals surface area contributed by atoms with Gasteiger partial charge in [-0.05, 0) is 11.8 Å². The third-order valence-electron chi connectivity index (χ3n) is 0.815. The quantitative estimate of drug-likeness (QED) is 0.532. The molecule has 2 N–H and O–H groups in total. The lowest BCUT2D eigenvalue weighted by atomic mass is 11.1. The molecule has 0 heterocycles. The molecule has 0 saturated carbocycles. The summed E-state index contributed by atoms with van der Waals surface area (Å²) in [6.07, 6.45) is 0. The molecule has 0 aliphatic rings. The van der Waals surface area contributed by atoms with Gasteiger partial charge in [0.05, 0.1) is 0 Å². The standard InChI is InChI=1S/C6H14N4S3/c1-9(2)7-5(11)13-6(12)8-10(3)4/h1-4H3,(H,7,11)(H,8,12). The van der Waals surface area contributed by atoms with Gasteiger partial charge < -0.3 is 10.9 Å². The Balaban J connectivity index is 3.72. The Labute approximate surface area is 94.0 Å². The van der Waals surface area contributed by atoms with Crippen LogP contribution in [-0.2, 0) is 0 Å². The lowest BCUT2D eigenvalue weighted by Crippen LogP contribution is -2.37. The van der Waals surface area contributed by atoms with Crippen LogP contribution >= 0.6 is 36.2 Å². The van der Waals surface area contributed by atoms with Gasteiger partial charge in [-0.1, -0.05) is 24.4 Å². The minimum atomic E-state index is 0.629. The van der Waals surface area contributed by atoms with Crippen molar-refractivity contribution in [3.05, 3.63) is 0 Å². The second-order valence-corrected chi connectivity index (χ2v) is 5.04.